The molecule has 2 atom stereocenters. The number of carbonyl (C=O) groups is 2. The molecule has 3 rings (SSSR count). The van der Waals surface area contributed by atoms with Crippen LogP contribution < -0.4 is 25.4 Å². The van der Waals surface area contributed by atoms with E-state index in [0.29, 0.717) is 30.3 Å². The van der Waals surface area contributed by atoms with Gasteiger partial charge in [0.1, 0.15) is 6.04 Å². The van der Waals surface area contributed by atoms with Gasteiger partial charge in [-0.1, -0.05) is 0 Å². The molecule has 3 N–H and O–H groups in total. The molecule has 0 radical (unpaired) electrons. The van der Waals surface area contributed by atoms with Crippen molar-refractivity contribution in [3.05, 3.63) is 18.2 Å². The second kappa shape index (κ2) is 8.37. The number of hydrogen-bond donors (Lipinski definition) is 3. The third-order valence-corrected chi connectivity index (χ3v) is 4.33. The van der Waals surface area contributed by atoms with Crippen LogP contribution in [0.3, 0.4) is 0 Å². The molecule has 2 amide bonds. The Labute approximate surface area is 152 Å². The van der Waals surface area contributed by atoms with Crippen LogP contribution in [0, 0.1) is 0 Å². The maximum atomic E-state index is 12.4. The van der Waals surface area contributed by atoms with E-state index in [2.05, 4.69) is 16.0 Å². The number of amides is 2. The predicted octanol–water partition coefficient (Wildman–Crippen LogP) is 0.668. The first-order valence-corrected chi connectivity index (χ1v) is 8.83. The van der Waals surface area contributed by atoms with E-state index in [-0.39, 0.29) is 30.6 Å². The molecule has 1 aliphatic heterocycles. The Morgan fingerprint density at radius 1 is 1.31 bits per heavy atom. The van der Waals surface area contributed by atoms with Crippen LogP contribution in [0.1, 0.15) is 19.8 Å². The lowest BCUT2D eigenvalue weighted by Gasteiger charge is -2.29. The first-order valence-electron chi connectivity index (χ1n) is 8.83. The zero-order chi connectivity index (χ0) is 18.5. The Kier molecular flexibility index (Phi) is 5.95. The van der Waals surface area contributed by atoms with Gasteiger partial charge in [-0.3, -0.25) is 9.59 Å². The van der Waals surface area contributed by atoms with E-state index in [1.54, 1.807) is 18.2 Å². The number of anilines is 1. The van der Waals surface area contributed by atoms with Crippen LogP contribution in [0.4, 0.5) is 5.69 Å². The highest BCUT2D eigenvalue weighted by atomic mass is 16.5. The Bertz CT molecular complexity index is 662. The molecule has 2 fully saturated rings. The van der Waals surface area contributed by atoms with E-state index in [1.807, 2.05) is 6.92 Å². The molecule has 0 bridgehead atoms. The Morgan fingerprint density at radius 2 is 2.12 bits per heavy atom. The molecular formula is C18H25N3O5. The van der Waals surface area contributed by atoms with Gasteiger partial charge in [0.25, 0.3) is 5.91 Å². The fourth-order valence-corrected chi connectivity index (χ4v) is 2.75. The molecule has 1 saturated carbocycles. The lowest BCUT2D eigenvalue weighted by molar-refractivity contribution is -0.124. The first-order chi connectivity index (χ1) is 12.6. The summed E-state index contributed by atoms with van der Waals surface area (Å²) in [6, 6.07) is 4.93. The second-order valence-electron chi connectivity index (χ2n) is 6.49. The summed E-state index contributed by atoms with van der Waals surface area (Å²) in [6.07, 6.45) is 1.84. The SMILES string of the molecule is COc1ccc(NC(=O)[C@H]2NCCO[C@@H]2C)cc1OCC(=O)NC1CC1. The van der Waals surface area contributed by atoms with Crippen LogP contribution >= 0.6 is 0 Å². The van der Waals surface area contributed by atoms with Crippen LogP contribution in [-0.4, -0.2) is 56.9 Å². The van der Waals surface area contributed by atoms with Crippen LogP contribution in [0.15, 0.2) is 18.2 Å². The molecule has 8 nitrogen and oxygen atoms in total. The minimum atomic E-state index is -0.417. The summed E-state index contributed by atoms with van der Waals surface area (Å²) in [4.78, 5) is 24.3. The monoisotopic (exact) mass is 363 g/mol. The smallest absolute Gasteiger partial charge is 0.258 e. The number of morpholine rings is 1. The summed E-state index contributed by atoms with van der Waals surface area (Å²) in [5.74, 6) is 0.549. The van der Waals surface area contributed by atoms with Gasteiger partial charge in [0.05, 0.1) is 19.8 Å². The number of hydrogen-bond acceptors (Lipinski definition) is 6. The number of carbonyl (C=O) groups excluding carboxylic acids is 2. The average molecular weight is 363 g/mol. The maximum absolute atomic E-state index is 12.4. The molecule has 1 aromatic carbocycles. The number of rotatable bonds is 7. The number of benzene rings is 1. The Hall–Kier alpha value is -2.32. The lowest BCUT2D eigenvalue weighted by atomic mass is 10.1. The largest absolute Gasteiger partial charge is 0.493 e. The van der Waals surface area contributed by atoms with Gasteiger partial charge >= 0.3 is 0 Å². The fourth-order valence-electron chi connectivity index (χ4n) is 2.75. The highest BCUT2D eigenvalue weighted by Crippen LogP contribution is 2.30. The summed E-state index contributed by atoms with van der Waals surface area (Å²) in [5.41, 5.74) is 0.563. The van der Waals surface area contributed by atoms with Crippen molar-refractivity contribution in [2.45, 2.75) is 38.0 Å². The van der Waals surface area contributed by atoms with E-state index < -0.39 is 6.04 Å². The summed E-state index contributed by atoms with van der Waals surface area (Å²) in [5, 5.41) is 8.85. The Morgan fingerprint density at radius 3 is 2.81 bits per heavy atom. The predicted molar refractivity (Wildman–Crippen MR) is 95.5 cm³/mol. The van der Waals surface area contributed by atoms with E-state index >= 15 is 0 Å². The van der Waals surface area contributed by atoms with Gasteiger partial charge < -0.3 is 30.2 Å². The summed E-state index contributed by atoms with van der Waals surface area (Å²) in [6.45, 7) is 2.99. The quantitative estimate of drug-likeness (QED) is 0.659. The van der Waals surface area contributed by atoms with Crippen molar-refractivity contribution in [2.24, 2.45) is 0 Å². The molecule has 0 aromatic heterocycles. The van der Waals surface area contributed by atoms with Gasteiger partial charge in [0, 0.05) is 24.3 Å². The van der Waals surface area contributed by atoms with Gasteiger partial charge in [-0.15, -0.1) is 0 Å². The molecule has 142 valence electrons. The third kappa shape index (κ3) is 4.86. The molecule has 0 spiro atoms. The van der Waals surface area contributed by atoms with Crippen molar-refractivity contribution >= 4 is 17.5 Å². The number of ether oxygens (including phenoxy) is 3. The van der Waals surface area contributed by atoms with Crippen molar-refractivity contribution in [1.29, 1.82) is 0 Å². The molecule has 1 aliphatic carbocycles. The number of nitrogens with one attached hydrogen (secondary N) is 3. The highest BCUT2D eigenvalue weighted by molar-refractivity contribution is 5.95. The van der Waals surface area contributed by atoms with E-state index in [4.69, 9.17) is 14.2 Å². The molecule has 0 unspecified atom stereocenters. The highest BCUT2D eigenvalue weighted by Gasteiger charge is 2.28. The Balaban J connectivity index is 1.62. The zero-order valence-corrected chi connectivity index (χ0v) is 15.0. The molecule has 1 saturated heterocycles. The second-order valence-corrected chi connectivity index (χ2v) is 6.49. The summed E-state index contributed by atoms with van der Waals surface area (Å²) in [7, 11) is 1.52. The fraction of sp³-hybridized carbons (Fsp3) is 0.556. The first kappa shape index (κ1) is 18.5. The van der Waals surface area contributed by atoms with Crippen LogP contribution in [0.25, 0.3) is 0 Å². The van der Waals surface area contributed by atoms with E-state index in [0.717, 1.165) is 12.8 Å². The van der Waals surface area contributed by atoms with Gasteiger partial charge in [-0.25, -0.2) is 0 Å². The van der Waals surface area contributed by atoms with Crippen molar-refractivity contribution < 1.29 is 23.8 Å². The topological polar surface area (TPSA) is 97.9 Å². The molecule has 2 aliphatic rings. The molecule has 1 heterocycles. The summed E-state index contributed by atoms with van der Waals surface area (Å²) < 4.78 is 16.3. The van der Waals surface area contributed by atoms with Crippen molar-refractivity contribution in [2.75, 3.05) is 32.2 Å². The minimum Gasteiger partial charge on any atom is -0.493 e. The van der Waals surface area contributed by atoms with E-state index in [1.165, 1.54) is 7.11 Å². The van der Waals surface area contributed by atoms with Gasteiger partial charge in [-0.2, -0.15) is 0 Å². The van der Waals surface area contributed by atoms with Crippen molar-refractivity contribution in [1.82, 2.24) is 10.6 Å². The molecule has 26 heavy (non-hydrogen) atoms. The lowest BCUT2D eigenvalue weighted by Crippen LogP contribution is -2.53. The molecule has 8 heteroatoms. The van der Waals surface area contributed by atoms with Crippen LogP contribution in [-0.2, 0) is 14.3 Å². The van der Waals surface area contributed by atoms with Gasteiger partial charge in [-0.05, 0) is 31.9 Å². The summed E-state index contributed by atoms with van der Waals surface area (Å²) >= 11 is 0. The third-order valence-electron chi connectivity index (χ3n) is 4.33. The zero-order valence-electron chi connectivity index (χ0n) is 15.0. The van der Waals surface area contributed by atoms with Crippen molar-refractivity contribution in [3.63, 3.8) is 0 Å². The number of methoxy groups -OCH3 is 1. The average Bonchev–Trinajstić information content (AvgIpc) is 3.44. The molecule has 1 aromatic rings. The molecular weight excluding hydrogens is 338 g/mol. The minimum absolute atomic E-state index is 0.0979. The maximum Gasteiger partial charge on any atom is 0.258 e. The van der Waals surface area contributed by atoms with Crippen molar-refractivity contribution in [3.8, 4) is 11.5 Å². The van der Waals surface area contributed by atoms with Crippen LogP contribution in [0.2, 0.25) is 0 Å². The van der Waals surface area contributed by atoms with Gasteiger partial charge in [0.15, 0.2) is 18.1 Å². The normalized spacial score (nSPS) is 22.4. The van der Waals surface area contributed by atoms with Gasteiger partial charge in [0.2, 0.25) is 5.91 Å². The van der Waals surface area contributed by atoms with E-state index in [9.17, 15) is 9.59 Å². The standard InChI is InChI=1S/C18H25N3O5/c1-11-17(19-7-8-25-11)18(23)21-13-5-6-14(24-2)15(9-13)26-10-16(22)20-12-3-4-12/h5-6,9,11-12,17,19H,3-4,7-8,10H2,1-2H3,(H,20,22)(H,21,23)/t11-,17+/m1/s1. The van der Waals surface area contributed by atoms with Crippen LogP contribution in [0.5, 0.6) is 11.5 Å².